The summed E-state index contributed by atoms with van der Waals surface area (Å²) in [4.78, 5) is 0. The van der Waals surface area contributed by atoms with Crippen LogP contribution in [-0.4, -0.2) is 6.10 Å². The summed E-state index contributed by atoms with van der Waals surface area (Å²) < 4.78 is 5.75. The molecule has 3 nitrogen and oxygen atoms in total. The maximum atomic E-state index is 5.75. The molecule has 18 heavy (non-hydrogen) atoms. The van der Waals surface area contributed by atoms with E-state index >= 15 is 0 Å². The van der Waals surface area contributed by atoms with Crippen LogP contribution < -0.4 is 16.0 Å². The molecule has 2 rings (SSSR count). The Morgan fingerprint density at radius 2 is 2.00 bits per heavy atom. The lowest BCUT2D eigenvalue weighted by atomic mass is 9.91. The van der Waals surface area contributed by atoms with Gasteiger partial charge in [0.2, 0.25) is 0 Å². The molecule has 0 aliphatic heterocycles. The summed E-state index contributed by atoms with van der Waals surface area (Å²) in [7, 11) is 0. The Kier molecular flexibility index (Phi) is 4.61. The van der Waals surface area contributed by atoms with Crippen molar-refractivity contribution in [1.82, 2.24) is 5.43 Å². The van der Waals surface area contributed by atoms with Crippen LogP contribution in [0.4, 0.5) is 0 Å². The van der Waals surface area contributed by atoms with Crippen LogP contribution in [-0.2, 0) is 0 Å². The molecule has 0 aromatic heterocycles. The summed E-state index contributed by atoms with van der Waals surface area (Å²) >= 11 is 0. The van der Waals surface area contributed by atoms with Crippen molar-refractivity contribution < 1.29 is 4.74 Å². The highest BCUT2D eigenvalue weighted by Crippen LogP contribution is 2.29. The van der Waals surface area contributed by atoms with Gasteiger partial charge in [-0.15, -0.1) is 0 Å². The molecule has 2 atom stereocenters. The number of hydrogen-bond acceptors (Lipinski definition) is 3. The van der Waals surface area contributed by atoms with E-state index in [9.17, 15) is 0 Å². The van der Waals surface area contributed by atoms with Gasteiger partial charge in [0.15, 0.2) is 0 Å². The van der Waals surface area contributed by atoms with Gasteiger partial charge >= 0.3 is 0 Å². The molecule has 0 spiro atoms. The number of nitrogens with two attached hydrogens (primary N) is 1. The average molecular weight is 248 g/mol. The lowest BCUT2D eigenvalue weighted by Gasteiger charge is -2.23. The van der Waals surface area contributed by atoms with Crippen LogP contribution in [0.25, 0.3) is 0 Å². The highest BCUT2D eigenvalue weighted by molar-refractivity contribution is 5.30. The standard InChI is InChI=1S/C15H24N2O/c1-3-4-11(2)15(17-16)12-5-7-13(8-6-12)18-14-9-10-14/h5-8,11,14-15,17H,3-4,9-10,16H2,1-2H3. The molecule has 1 aromatic carbocycles. The maximum Gasteiger partial charge on any atom is 0.119 e. The predicted octanol–water partition coefficient (Wildman–Crippen LogP) is 3.17. The van der Waals surface area contributed by atoms with Gasteiger partial charge in [-0.2, -0.15) is 0 Å². The van der Waals surface area contributed by atoms with E-state index in [4.69, 9.17) is 10.6 Å². The molecule has 0 radical (unpaired) electrons. The minimum atomic E-state index is 0.222. The van der Waals surface area contributed by atoms with E-state index in [0.29, 0.717) is 12.0 Å². The summed E-state index contributed by atoms with van der Waals surface area (Å²) in [5.74, 6) is 7.19. The van der Waals surface area contributed by atoms with Crippen molar-refractivity contribution in [3.63, 3.8) is 0 Å². The van der Waals surface area contributed by atoms with E-state index in [2.05, 4.69) is 43.5 Å². The summed E-state index contributed by atoms with van der Waals surface area (Å²) in [6.45, 7) is 4.44. The molecule has 0 amide bonds. The van der Waals surface area contributed by atoms with E-state index in [0.717, 1.165) is 5.75 Å². The Morgan fingerprint density at radius 3 is 2.50 bits per heavy atom. The average Bonchev–Trinajstić information content (AvgIpc) is 3.16. The fourth-order valence-electron chi connectivity index (χ4n) is 2.34. The number of hydrogen-bond donors (Lipinski definition) is 2. The van der Waals surface area contributed by atoms with Gasteiger partial charge in [-0.25, -0.2) is 0 Å². The molecule has 2 unspecified atom stereocenters. The Balaban J connectivity index is 2.00. The minimum absolute atomic E-state index is 0.222. The number of ether oxygens (including phenoxy) is 1. The highest BCUT2D eigenvalue weighted by Gasteiger charge is 2.23. The van der Waals surface area contributed by atoms with Crippen molar-refractivity contribution in [3.8, 4) is 5.75 Å². The van der Waals surface area contributed by atoms with Crippen LogP contribution in [0.1, 0.15) is 51.1 Å². The van der Waals surface area contributed by atoms with Gasteiger partial charge in [0.05, 0.1) is 6.10 Å². The Bertz CT molecular complexity index is 359. The first-order valence-electron chi connectivity index (χ1n) is 6.97. The lowest BCUT2D eigenvalue weighted by molar-refractivity contribution is 0.302. The van der Waals surface area contributed by atoms with Gasteiger partial charge in [-0.3, -0.25) is 11.3 Å². The third-order valence-corrected chi connectivity index (χ3v) is 3.56. The molecular formula is C15H24N2O. The molecule has 0 saturated heterocycles. The molecule has 100 valence electrons. The lowest BCUT2D eigenvalue weighted by Crippen LogP contribution is -2.32. The first-order chi connectivity index (χ1) is 8.74. The topological polar surface area (TPSA) is 47.3 Å². The van der Waals surface area contributed by atoms with Crippen molar-refractivity contribution in [2.24, 2.45) is 11.8 Å². The molecule has 0 bridgehead atoms. The van der Waals surface area contributed by atoms with Gasteiger partial charge in [-0.1, -0.05) is 32.4 Å². The van der Waals surface area contributed by atoms with Crippen molar-refractivity contribution in [3.05, 3.63) is 29.8 Å². The largest absolute Gasteiger partial charge is 0.490 e. The van der Waals surface area contributed by atoms with Crippen molar-refractivity contribution in [2.45, 2.75) is 51.7 Å². The normalized spacial score (nSPS) is 18.4. The second-order valence-electron chi connectivity index (χ2n) is 5.30. The van der Waals surface area contributed by atoms with E-state index in [-0.39, 0.29) is 6.04 Å². The van der Waals surface area contributed by atoms with E-state index in [1.807, 2.05) is 0 Å². The minimum Gasteiger partial charge on any atom is -0.490 e. The number of benzene rings is 1. The fraction of sp³-hybridized carbons (Fsp3) is 0.600. The summed E-state index contributed by atoms with van der Waals surface area (Å²) in [6, 6.07) is 8.57. The van der Waals surface area contributed by atoms with Crippen LogP contribution in [0.5, 0.6) is 5.75 Å². The van der Waals surface area contributed by atoms with E-state index in [1.165, 1.54) is 31.2 Å². The predicted molar refractivity (Wildman–Crippen MR) is 74.2 cm³/mol. The Labute approximate surface area is 110 Å². The Morgan fingerprint density at radius 1 is 1.33 bits per heavy atom. The smallest absolute Gasteiger partial charge is 0.119 e. The summed E-state index contributed by atoms with van der Waals surface area (Å²) in [5.41, 5.74) is 4.17. The first-order valence-corrected chi connectivity index (χ1v) is 6.97. The quantitative estimate of drug-likeness (QED) is 0.575. The van der Waals surface area contributed by atoms with Crippen LogP contribution in [0.3, 0.4) is 0 Å². The second-order valence-corrected chi connectivity index (χ2v) is 5.30. The molecule has 1 saturated carbocycles. The van der Waals surface area contributed by atoms with Crippen LogP contribution >= 0.6 is 0 Å². The van der Waals surface area contributed by atoms with Gasteiger partial charge in [0.1, 0.15) is 5.75 Å². The van der Waals surface area contributed by atoms with Gasteiger partial charge < -0.3 is 4.74 Å². The molecule has 0 heterocycles. The maximum absolute atomic E-state index is 5.75. The first kappa shape index (κ1) is 13.4. The SMILES string of the molecule is CCCC(C)C(NN)c1ccc(OC2CC2)cc1. The van der Waals surface area contributed by atoms with Crippen LogP contribution in [0, 0.1) is 5.92 Å². The van der Waals surface area contributed by atoms with Gasteiger partial charge in [0.25, 0.3) is 0 Å². The van der Waals surface area contributed by atoms with E-state index in [1.54, 1.807) is 0 Å². The Hall–Kier alpha value is -1.06. The zero-order valence-electron chi connectivity index (χ0n) is 11.4. The van der Waals surface area contributed by atoms with Gasteiger partial charge in [0, 0.05) is 6.04 Å². The third kappa shape index (κ3) is 3.47. The summed E-state index contributed by atoms with van der Waals surface area (Å²) in [5, 5.41) is 0. The summed E-state index contributed by atoms with van der Waals surface area (Å²) in [6.07, 6.45) is 5.21. The van der Waals surface area contributed by atoms with Crippen molar-refractivity contribution in [2.75, 3.05) is 0 Å². The molecule has 1 fully saturated rings. The second kappa shape index (κ2) is 6.21. The highest BCUT2D eigenvalue weighted by atomic mass is 16.5. The van der Waals surface area contributed by atoms with Crippen LogP contribution in [0.15, 0.2) is 24.3 Å². The van der Waals surface area contributed by atoms with E-state index < -0.39 is 0 Å². The molecule has 3 N–H and O–H groups in total. The number of nitrogens with one attached hydrogen (secondary N) is 1. The zero-order chi connectivity index (χ0) is 13.0. The molecule has 1 aromatic rings. The molecule has 1 aliphatic carbocycles. The number of hydrazine groups is 1. The fourth-order valence-corrected chi connectivity index (χ4v) is 2.34. The molecule has 1 aliphatic rings. The van der Waals surface area contributed by atoms with Crippen LogP contribution in [0.2, 0.25) is 0 Å². The molecular weight excluding hydrogens is 224 g/mol. The number of rotatable bonds is 7. The van der Waals surface area contributed by atoms with Crippen molar-refractivity contribution >= 4 is 0 Å². The van der Waals surface area contributed by atoms with Gasteiger partial charge in [-0.05, 0) is 42.9 Å². The molecule has 3 heteroatoms. The monoisotopic (exact) mass is 248 g/mol. The van der Waals surface area contributed by atoms with Crippen molar-refractivity contribution in [1.29, 1.82) is 0 Å². The zero-order valence-corrected chi connectivity index (χ0v) is 11.4. The third-order valence-electron chi connectivity index (χ3n) is 3.56.